The van der Waals surface area contributed by atoms with Crippen LogP contribution in [0.1, 0.15) is 33.1 Å². The van der Waals surface area contributed by atoms with Crippen LogP contribution in [0.15, 0.2) is 35.5 Å². The van der Waals surface area contributed by atoms with Crippen molar-refractivity contribution < 1.29 is 0 Å². The summed E-state index contributed by atoms with van der Waals surface area (Å²) in [6, 6.07) is 0. The Balaban J connectivity index is 2.46. The van der Waals surface area contributed by atoms with E-state index in [0.29, 0.717) is 0 Å². The third-order valence-corrected chi connectivity index (χ3v) is 3.46. The van der Waals surface area contributed by atoms with Gasteiger partial charge in [0.15, 0.2) is 0 Å². The second-order valence-corrected chi connectivity index (χ2v) is 4.59. The highest BCUT2D eigenvalue weighted by molar-refractivity contribution is 5.49. The van der Waals surface area contributed by atoms with Crippen molar-refractivity contribution in [2.75, 3.05) is 0 Å². The maximum absolute atomic E-state index is 4.09. The van der Waals surface area contributed by atoms with Crippen LogP contribution in [0.5, 0.6) is 0 Å². The van der Waals surface area contributed by atoms with Crippen LogP contribution in [0.3, 0.4) is 0 Å². The normalized spacial score (nSPS) is 31.2. The van der Waals surface area contributed by atoms with Gasteiger partial charge in [0, 0.05) is 0 Å². The second-order valence-electron chi connectivity index (χ2n) is 4.59. The number of hydrogen-bond donors (Lipinski definition) is 0. The van der Waals surface area contributed by atoms with Gasteiger partial charge < -0.3 is 0 Å². The van der Waals surface area contributed by atoms with E-state index in [1.807, 2.05) is 0 Å². The monoisotopic (exact) mass is 174 g/mol. The predicted octanol–water partition coefficient (Wildman–Crippen LogP) is 3.87. The lowest BCUT2D eigenvalue weighted by atomic mass is 9.85. The van der Waals surface area contributed by atoms with Gasteiger partial charge in [-0.25, -0.2) is 0 Å². The first-order valence-electron chi connectivity index (χ1n) is 5.17. The minimum Gasteiger partial charge on any atom is -0.0958 e. The molecule has 2 bridgehead atoms. The van der Waals surface area contributed by atoms with Crippen LogP contribution in [0.2, 0.25) is 0 Å². The van der Waals surface area contributed by atoms with Crippen molar-refractivity contribution in [1.82, 2.24) is 0 Å². The van der Waals surface area contributed by atoms with Crippen molar-refractivity contribution in [3.8, 4) is 0 Å². The van der Waals surface area contributed by atoms with E-state index in [9.17, 15) is 0 Å². The van der Waals surface area contributed by atoms with Gasteiger partial charge in [-0.3, -0.25) is 0 Å². The number of allylic oxidation sites excluding steroid dienone is 4. The lowest BCUT2D eigenvalue weighted by Crippen LogP contribution is -2.04. The molecule has 0 aromatic heterocycles. The van der Waals surface area contributed by atoms with Gasteiger partial charge >= 0.3 is 0 Å². The molecule has 2 atom stereocenters. The lowest BCUT2D eigenvalue weighted by Gasteiger charge is -2.20. The number of fused-ring (bicyclic) bond motifs is 2. The summed E-state index contributed by atoms with van der Waals surface area (Å²) < 4.78 is 0. The van der Waals surface area contributed by atoms with Gasteiger partial charge in [0.05, 0.1) is 0 Å². The molecule has 0 N–H and O–H groups in total. The maximum Gasteiger partial charge on any atom is -0.0151 e. The summed E-state index contributed by atoms with van der Waals surface area (Å²) in [7, 11) is 0. The highest BCUT2D eigenvalue weighted by Crippen LogP contribution is 2.52. The zero-order chi connectivity index (χ0) is 9.59. The Labute approximate surface area is 81.0 Å². The van der Waals surface area contributed by atoms with Gasteiger partial charge in [0.2, 0.25) is 0 Å². The molecule has 2 aliphatic rings. The summed E-state index contributed by atoms with van der Waals surface area (Å²) >= 11 is 0. The summed E-state index contributed by atoms with van der Waals surface area (Å²) in [5.41, 5.74) is 5.63. The molecule has 13 heavy (non-hydrogen) atoms. The molecule has 0 aromatic rings. The molecule has 0 heterocycles. The average Bonchev–Trinajstić information content (AvgIpc) is 2.60. The molecule has 1 saturated carbocycles. The summed E-state index contributed by atoms with van der Waals surface area (Å²) in [6.45, 7) is 12.5. The molecule has 2 aliphatic carbocycles. The smallest absolute Gasteiger partial charge is 0.0151 e. The molecule has 70 valence electrons. The van der Waals surface area contributed by atoms with Crippen LogP contribution in [0, 0.1) is 11.8 Å². The van der Waals surface area contributed by atoms with Crippen molar-refractivity contribution in [3.63, 3.8) is 0 Å². The first-order chi connectivity index (χ1) is 6.11. The van der Waals surface area contributed by atoms with Crippen molar-refractivity contribution in [1.29, 1.82) is 0 Å². The first-order valence-corrected chi connectivity index (χ1v) is 5.17. The highest BCUT2D eigenvalue weighted by atomic mass is 14.4. The number of hydrogen-bond acceptors (Lipinski definition) is 0. The Kier molecular flexibility index (Phi) is 1.94. The van der Waals surface area contributed by atoms with E-state index in [1.54, 1.807) is 11.1 Å². The molecule has 2 unspecified atom stereocenters. The third-order valence-electron chi connectivity index (χ3n) is 3.46. The summed E-state index contributed by atoms with van der Waals surface area (Å²) in [5.74, 6) is 1.63. The second kappa shape index (κ2) is 2.87. The molecule has 1 fully saturated rings. The van der Waals surface area contributed by atoms with Gasteiger partial charge in [-0.1, -0.05) is 24.3 Å². The largest absolute Gasteiger partial charge is 0.0958 e. The average molecular weight is 174 g/mol. The van der Waals surface area contributed by atoms with E-state index in [-0.39, 0.29) is 0 Å². The molecule has 0 aromatic carbocycles. The quantitative estimate of drug-likeness (QED) is 0.596. The fourth-order valence-corrected chi connectivity index (χ4v) is 3.10. The lowest BCUT2D eigenvalue weighted by molar-refractivity contribution is 0.658. The fraction of sp³-hybridized carbons (Fsp3) is 0.538. The first kappa shape index (κ1) is 8.80. The van der Waals surface area contributed by atoms with E-state index in [4.69, 9.17) is 0 Å². The van der Waals surface area contributed by atoms with Crippen molar-refractivity contribution >= 4 is 0 Å². The summed E-state index contributed by atoms with van der Waals surface area (Å²) in [4.78, 5) is 0. The minimum absolute atomic E-state index is 0.814. The van der Waals surface area contributed by atoms with E-state index >= 15 is 0 Å². The predicted molar refractivity (Wildman–Crippen MR) is 57.5 cm³/mol. The fourth-order valence-electron chi connectivity index (χ4n) is 3.10. The molecule has 0 radical (unpaired) electrons. The summed E-state index contributed by atoms with van der Waals surface area (Å²) in [6.07, 6.45) is 4.12. The van der Waals surface area contributed by atoms with E-state index in [0.717, 1.165) is 11.8 Å². The van der Waals surface area contributed by atoms with E-state index < -0.39 is 0 Å². The molecule has 0 spiro atoms. The van der Waals surface area contributed by atoms with Gasteiger partial charge in [0.1, 0.15) is 0 Å². The van der Waals surface area contributed by atoms with Gasteiger partial charge in [0.25, 0.3) is 0 Å². The highest BCUT2D eigenvalue weighted by Gasteiger charge is 2.38. The molecular formula is C13H18. The molecule has 0 heteroatoms. The molecule has 0 amide bonds. The van der Waals surface area contributed by atoms with Crippen molar-refractivity contribution in [2.24, 2.45) is 11.8 Å². The van der Waals surface area contributed by atoms with Crippen LogP contribution in [-0.2, 0) is 0 Å². The van der Waals surface area contributed by atoms with Crippen molar-refractivity contribution in [3.05, 3.63) is 35.5 Å². The molecule has 0 nitrogen and oxygen atoms in total. The topological polar surface area (TPSA) is 0 Å². The van der Waals surface area contributed by atoms with E-state index in [2.05, 4.69) is 27.0 Å². The maximum atomic E-state index is 4.09. The van der Waals surface area contributed by atoms with Crippen LogP contribution < -0.4 is 0 Å². The zero-order valence-corrected chi connectivity index (χ0v) is 8.69. The standard InChI is InChI=1S/C13H18/c1-8(2)12-10-5-6-11(7-10)13(12)9(3)4/h10-11H,1,3,5-7H2,2,4H3. The Bertz CT molecular complexity index is 274. The Morgan fingerprint density at radius 1 is 1.00 bits per heavy atom. The zero-order valence-electron chi connectivity index (χ0n) is 8.69. The summed E-state index contributed by atoms with van der Waals surface area (Å²) in [5, 5.41) is 0. The van der Waals surface area contributed by atoms with E-state index in [1.165, 1.54) is 30.4 Å². The molecule has 0 aliphatic heterocycles. The Morgan fingerprint density at radius 3 is 1.69 bits per heavy atom. The van der Waals surface area contributed by atoms with Crippen LogP contribution in [-0.4, -0.2) is 0 Å². The minimum atomic E-state index is 0.814. The Hall–Kier alpha value is -0.780. The third kappa shape index (κ3) is 1.20. The molecule has 0 saturated heterocycles. The van der Waals surface area contributed by atoms with Gasteiger partial charge in [-0.2, -0.15) is 0 Å². The van der Waals surface area contributed by atoms with Crippen LogP contribution >= 0.6 is 0 Å². The van der Waals surface area contributed by atoms with Crippen molar-refractivity contribution in [2.45, 2.75) is 33.1 Å². The molecular weight excluding hydrogens is 156 g/mol. The molecule has 2 rings (SSSR count). The number of rotatable bonds is 2. The van der Waals surface area contributed by atoms with Crippen LogP contribution in [0.4, 0.5) is 0 Å². The van der Waals surface area contributed by atoms with Gasteiger partial charge in [-0.05, 0) is 56.1 Å². The Morgan fingerprint density at radius 2 is 1.38 bits per heavy atom. The SMILES string of the molecule is C=C(C)C1=C(C(=C)C)C2CCC1C2. The van der Waals surface area contributed by atoms with Gasteiger partial charge in [-0.15, -0.1) is 0 Å². The van der Waals surface area contributed by atoms with Crippen LogP contribution in [0.25, 0.3) is 0 Å².